The minimum atomic E-state index is -0.175. The van der Waals surface area contributed by atoms with Crippen LogP contribution in [-0.2, 0) is 22.7 Å². The van der Waals surface area contributed by atoms with E-state index in [9.17, 15) is 4.79 Å². The summed E-state index contributed by atoms with van der Waals surface area (Å²) in [5.74, 6) is 0.594. The maximum atomic E-state index is 12.1. The van der Waals surface area contributed by atoms with Crippen LogP contribution >= 0.6 is 23.4 Å². The van der Waals surface area contributed by atoms with Crippen molar-refractivity contribution in [2.75, 3.05) is 17.7 Å². The minimum Gasteiger partial charge on any atom is -0.367 e. The molecular formula is C21H20ClN3O2S. The largest absolute Gasteiger partial charge is 0.367 e. The molecule has 0 radical (unpaired) electrons. The molecular weight excluding hydrogens is 394 g/mol. The first-order valence-corrected chi connectivity index (χ1v) is 10.3. The van der Waals surface area contributed by atoms with Gasteiger partial charge in [-0.3, -0.25) is 4.79 Å². The van der Waals surface area contributed by atoms with Crippen LogP contribution in [0.25, 0.3) is 0 Å². The lowest BCUT2D eigenvalue weighted by atomic mass is 10.1. The van der Waals surface area contributed by atoms with Crippen LogP contribution < -0.4 is 4.90 Å². The van der Waals surface area contributed by atoms with Gasteiger partial charge in [-0.2, -0.15) is 0 Å². The quantitative estimate of drug-likeness (QED) is 0.594. The first-order valence-electron chi connectivity index (χ1n) is 8.95. The number of halogens is 1. The average molecular weight is 414 g/mol. The number of nitrogens with zero attached hydrogens (tertiary/aromatic N) is 3. The number of rotatable bonds is 6. The Bertz CT molecular complexity index is 960. The fraction of sp³-hybridized carbons (Fsp3) is 0.238. The second-order valence-electron chi connectivity index (χ2n) is 6.65. The molecule has 0 fully saturated rings. The molecule has 28 heavy (non-hydrogen) atoms. The number of fused-ring (bicyclic) bond motifs is 1. The summed E-state index contributed by atoms with van der Waals surface area (Å²) >= 11 is 7.55. The fourth-order valence-electron chi connectivity index (χ4n) is 3.11. The summed E-state index contributed by atoms with van der Waals surface area (Å²) in [5, 5.41) is 0.707. The Morgan fingerprint density at radius 1 is 1.25 bits per heavy atom. The Morgan fingerprint density at radius 3 is 2.82 bits per heavy atom. The van der Waals surface area contributed by atoms with E-state index >= 15 is 0 Å². The number of ether oxygens (including phenoxy) is 1. The molecule has 1 aromatic heterocycles. The van der Waals surface area contributed by atoms with Crippen LogP contribution in [0.5, 0.6) is 0 Å². The van der Waals surface area contributed by atoms with Crippen LogP contribution in [0.4, 0.5) is 5.69 Å². The summed E-state index contributed by atoms with van der Waals surface area (Å²) in [6.07, 6.45) is 5.28. The Labute approximate surface area is 173 Å². The molecule has 0 N–H and O–H groups in total. The molecule has 144 valence electrons. The highest BCUT2D eigenvalue weighted by Gasteiger charge is 2.23. The topological polar surface area (TPSA) is 47.4 Å². The number of imidazole rings is 1. The Morgan fingerprint density at radius 2 is 2.07 bits per heavy atom. The van der Waals surface area contributed by atoms with Crippen molar-refractivity contribution in [2.45, 2.75) is 24.2 Å². The van der Waals surface area contributed by atoms with E-state index in [0.29, 0.717) is 23.9 Å². The summed E-state index contributed by atoms with van der Waals surface area (Å²) in [6.45, 7) is 1.11. The van der Waals surface area contributed by atoms with Crippen LogP contribution in [0.1, 0.15) is 17.2 Å². The summed E-state index contributed by atoms with van der Waals surface area (Å²) in [5.41, 5.74) is 3.02. The third-order valence-electron chi connectivity index (χ3n) is 4.74. The molecule has 4 rings (SSSR count). The van der Waals surface area contributed by atoms with Crippen molar-refractivity contribution in [1.82, 2.24) is 9.55 Å². The second kappa shape index (κ2) is 8.39. The number of benzene rings is 2. The lowest BCUT2D eigenvalue weighted by molar-refractivity contribution is -0.116. The van der Waals surface area contributed by atoms with Gasteiger partial charge in [0, 0.05) is 29.4 Å². The zero-order chi connectivity index (χ0) is 19.5. The van der Waals surface area contributed by atoms with Gasteiger partial charge in [-0.1, -0.05) is 29.8 Å². The molecule has 2 heterocycles. The summed E-state index contributed by atoms with van der Waals surface area (Å²) < 4.78 is 8.27. The van der Waals surface area contributed by atoms with E-state index in [0.717, 1.165) is 21.7 Å². The predicted octanol–water partition coefficient (Wildman–Crippen LogP) is 4.56. The molecule has 1 unspecified atom stereocenters. The molecule has 0 saturated carbocycles. The lowest BCUT2D eigenvalue weighted by Gasteiger charge is -2.27. The van der Waals surface area contributed by atoms with Crippen molar-refractivity contribution in [3.8, 4) is 0 Å². The molecule has 0 spiro atoms. The molecule has 0 aliphatic carbocycles. The van der Waals surface area contributed by atoms with E-state index in [1.165, 1.54) is 0 Å². The average Bonchev–Trinajstić information content (AvgIpc) is 3.22. The van der Waals surface area contributed by atoms with E-state index in [2.05, 4.69) is 23.2 Å². The van der Waals surface area contributed by atoms with Crippen LogP contribution in [0.2, 0.25) is 5.02 Å². The maximum absolute atomic E-state index is 12.1. The van der Waals surface area contributed by atoms with Crippen LogP contribution in [0.3, 0.4) is 0 Å². The fourth-order valence-corrected chi connectivity index (χ4v) is 4.21. The van der Waals surface area contributed by atoms with E-state index in [4.69, 9.17) is 16.3 Å². The molecule has 1 amide bonds. The van der Waals surface area contributed by atoms with Gasteiger partial charge in [0.2, 0.25) is 5.91 Å². The van der Waals surface area contributed by atoms with Gasteiger partial charge in [0.15, 0.2) is 0 Å². The Kier molecular flexibility index (Phi) is 5.71. The van der Waals surface area contributed by atoms with Gasteiger partial charge in [-0.05, 0) is 35.4 Å². The number of carbonyl (C=O) groups excluding carboxylic acids is 1. The van der Waals surface area contributed by atoms with E-state index in [1.807, 2.05) is 42.1 Å². The smallest absolute Gasteiger partial charge is 0.237 e. The highest BCUT2D eigenvalue weighted by molar-refractivity contribution is 8.00. The Balaban J connectivity index is 1.59. The van der Waals surface area contributed by atoms with Crippen LogP contribution in [0, 0.1) is 0 Å². The zero-order valence-corrected chi connectivity index (χ0v) is 17.0. The number of hydrogen-bond donors (Lipinski definition) is 0. The first-order chi connectivity index (χ1) is 13.6. The zero-order valence-electron chi connectivity index (χ0n) is 15.4. The van der Waals surface area contributed by atoms with Crippen molar-refractivity contribution < 1.29 is 9.53 Å². The monoisotopic (exact) mass is 413 g/mol. The summed E-state index contributed by atoms with van der Waals surface area (Å²) in [6, 6.07) is 13.9. The van der Waals surface area contributed by atoms with Crippen LogP contribution in [0.15, 0.2) is 66.1 Å². The molecule has 1 aliphatic rings. The van der Waals surface area contributed by atoms with Crippen molar-refractivity contribution in [1.29, 1.82) is 0 Å². The lowest BCUT2D eigenvalue weighted by Crippen LogP contribution is -2.31. The van der Waals surface area contributed by atoms with Crippen molar-refractivity contribution in [3.05, 3.63) is 77.3 Å². The van der Waals surface area contributed by atoms with Crippen molar-refractivity contribution in [3.63, 3.8) is 0 Å². The van der Waals surface area contributed by atoms with E-state index in [1.54, 1.807) is 29.2 Å². The predicted molar refractivity (Wildman–Crippen MR) is 112 cm³/mol. The van der Waals surface area contributed by atoms with Gasteiger partial charge >= 0.3 is 0 Å². The Hall–Kier alpha value is -2.28. The van der Waals surface area contributed by atoms with Crippen molar-refractivity contribution in [2.24, 2.45) is 0 Å². The third-order valence-corrected chi connectivity index (χ3v) is 6.04. The highest BCUT2D eigenvalue weighted by Crippen LogP contribution is 2.37. The molecule has 1 atom stereocenters. The summed E-state index contributed by atoms with van der Waals surface area (Å²) in [4.78, 5) is 19.0. The normalized spacial score (nSPS) is 14.8. The number of hydrogen-bond acceptors (Lipinski definition) is 4. The van der Waals surface area contributed by atoms with Gasteiger partial charge in [0.05, 0.1) is 30.9 Å². The third kappa shape index (κ3) is 4.24. The summed E-state index contributed by atoms with van der Waals surface area (Å²) in [7, 11) is 1.82. The van der Waals surface area contributed by atoms with Gasteiger partial charge in [0.1, 0.15) is 6.10 Å². The molecule has 3 aromatic rings. The van der Waals surface area contributed by atoms with Gasteiger partial charge in [-0.25, -0.2) is 4.98 Å². The number of amides is 1. The molecule has 0 bridgehead atoms. The van der Waals surface area contributed by atoms with Gasteiger partial charge in [0.25, 0.3) is 0 Å². The molecule has 1 aliphatic heterocycles. The number of anilines is 1. The van der Waals surface area contributed by atoms with E-state index < -0.39 is 0 Å². The minimum absolute atomic E-state index is 0.114. The molecule has 0 saturated heterocycles. The standard InChI is InChI=1S/C21H20ClN3O2S/c1-24-18-10-16(4-7-20(18)28-13-21(24)26)19(11-25-9-8-23-14-25)27-12-15-2-5-17(22)6-3-15/h2-10,14,19H,11-13H2,1H3. The number of carbonyl (C=O) groups is 1. The van der Waals surface area contributed by atoms with Crippen molar-refractivity contribution >= 4 is 35.0 Å². The maximum Gasteiger partial charge on any atom is 0.237 e. The number of thioether (sulfide) groups is 1. The first kappa shape index (κ1) is 19.1. The van der Waals surface area contributed by atoms with E-state index in [-0.39, 0.29) is 12.0 Å². The molecule has 5 nitrogen and oxygen atoms in total. The highest BCUT2D eigenvalue weighted by atomic mass is 35.5. The van der Waals surface area contributed by atoms with Crippen LogP contribution in [-0.4, -0.2) is 28.3 Å². The number of aromatic nitrogens is 2. The van der Waals surface area contributed by atoms with Gasteiger partial charge < -0.3 is 14.2 Å². The molecule has 2 aromatic carbocycles. The van der Waals surface area contributed by atoms with Gasteiger partial charge in [-0.15, -0.1) is 11.8 Å². The SMILES string of the molecule is CN1C(=O)CSc2ccc(C(Cn3ccnc3)OCc3ccc(Cl)cc3)cc21. The molecule has 7 heteroatoms. The second-order valence-corrected chi connectivity index (χ2v) is 8.11.